The van der Waals surface area contributed by atoms with Crippen LogP contribution in [0.2, 0.25) is 0 Å². The Kier molecular flexibility index (Phi) is 6.74. The van der Waals surface area contributed by atoms with Crippen LogP contribution in [0.1, 0.15) is 25.3 Å². The smallest absolute Gasteiger partial charge is 0.472 e. The number of ether oxygens (including phenoxy) is 2. The molecule has 0 aromatic carbocycles. The van der Waals surface area contributed by atoms with Gasteiger partial charge in [-0.05, 0) is 0 Å². The second-order valence-corrected chi connectivity index (χ2v) is 12.5. The van der Waals surface area contributed by atoms with E-state index in [4.69, 9.17) is 39.0 Å². The molecule has 20 nitrogen and oxygen atoms in total. The third-order valence-corrected chi connectivity index (χ3v) is 9.09. The zero-order chi connectivity index (χ0) is 29.2. The Morgan fingerprint density at radius 3 is 1.81 bits per heavy atom. The van der Waals surface area contributed by atoms with E-state index < -0.39 is 65.7 Å². The lowest BCUT2D eigenvalue weighted by molar-refractivity contribution is -0.234. The van der Waals surface area contributed by atoms with Gasteiger partial charge in [-0.1, -0.05) is 0 Å². The summed E-state index contributed by atoms with van der Waals surface area (Å²) in [6.45, 7) is -1.14. The van der Waals surface area contributed by atoms with E-state index in [1.54, 1.807) is 0 Å². The predicted octanol–water partition coefficient (Wildman–Crippen LogP) is -0.208. The van der Waals surface area contributed by atoms with E-state index >= 15 is 0 Å². The molecule has 3 saturated heterocycles. The van der Waals surface area contributed by atoms with Gasteiger partial charge in [0.25, 0.3) is 7.82 Å². The summed E-state index contributed by atoms with van der Waals surface area (Å²) in [7, 11) is -9.67. The second-order valence-electron chi connectivity index (χ2n) is 9.69. The molecule has 22 heteroatoms. The number of anilines is 2. The lowest BCUT2D eigenvalue weighted by atomic mass is 10.2. The maximum Gasteiger partial charge on any atom is 0.472 e. The number of fused-ring (bicyclic) bond motifs is 4. The minimum atomic E-state index is -4.95. The minimum absolute atomic E-state index is 0.00929. The Morgan fingerprint density at radius 2 is 1.26 bits per heavy atom. The lowest BCUT2D eigenvalue weighted by Crippen LogP contribution is -2.34. The summed E-state index contributed by atoms with van der Waals surface area (Å²) in [6, 6.07) is 0. The van der Waals surface area contributed by atoms with Crippen LogP contribution in [0, 0.1) is 0 Å². The number of nitrogens with zero attached hydrogens (tertiary/aromatic N) is 8. The van der Waals surface area contributed by atoms with Crippen molar-refractivity contribution in [1.82, 2.24) is 39.0 Å². The summed E-state index contributed by atoms with van der Waals surface area (Å²) < 4.78 is 62.1. The topological polar surface area (TPSA) is 272 Å². The number of phosphoric ester groups is 2. The molecule has 8 atom stereocenters. The Bertz CT molecular complexity index is 1630. The van der Waals surface area contributed by atoms with Crippen molar-refractivity contribution < 1.29 is 46.5 Å². The van der Waals surface area contributed by atoms with E-state index in [-0.39, 0.29) is 24.5 Å². The molecule has 0 radical (unpaired) electrons. The lowest BCUT2D eigenvalue weighted by Gasteiger charge is -2.31. The van der Waals surface area contributed by atoms with Crippen molar-refractivity contribution >= 4 is 49.6 Å². The first-order valence-corrected chi connectivity index (χ1v) is 15.5. The molecule has 0 amide bonds. The van der Waals surface area contributed by atoms with Crippen molar-refractivity contribution in [2.24, 2.45) is 0 Å². The van der Waals surface area contributed by atoms with Crippen molar-refractivity contribution in [2.45, 2.75) is 49.7 Å². The summed E-state index contributed by atoms with van der Waals surface area (Å²) in [5, 5.41) is 0. The van der Waals surface area contributed by atoms with Gasteiger partial charge in [-0.2, -0.15) is 0 Å². The number of hydrogen-bond donors (Lipinski definition) is 3. The number of nitrogens with two attached hydrogens (primary N) is 2. The highest BCUT2D eigenvalue weighted by Crippen LogP contribution is 2.52. The summed E-state index contributed by atoms with van der Waals surface area (Å²) >= 11 is 0. The molecule has 0 spiro atoms. The van der Waals surface area contributed by atoms with Gasteiger partial charge in [0.2, 0.25) is 0 Å². The molecule has 4 aromatic heterocycles. The van der Waals surface area contributed by atoms with Gasteiger partial charge in [-0.15, -0.1) is 0 Å². The fourth-order valence-corrected chi connectivity index (χ4v) is 7.06. The zero-order valence-electron chi connectivity index (χ0n) is 21.4. The standard InChI is InChI=1S/C20H24N10O10P2/c21-17-15-19(25-5-23-17)29(7-27-15)13-1-9-11(37-13)3-35-42(33,34)40-10-2-14(38-12(10)4-36-41(31,32)39-9)30-8-28-16-18(22)24-6-26-20(16)30/h5-14H,1-4H2,(H,31,32)(H,33,34)(H2,21,23,25)(H2,22,24,26)/p-1/t9-,10-,11+,12+,13+,14+/m0/s1. The molecule has 42 heavy (non-hydrogen) atoms. The van der Waals surface area contributed by atoms with Crippen molar-refractivity contribution in [3.05, 3.63) is 25.3 Å². The quantitative estimate of drug-likeness (QED) is 0.243. The van der Waals surface area contributed by atoms with E-state index in [2.05, 4.69) is 29.9 Å². The van der Waals surface area contributed by atoms with Crippen LogP contribution in [-0.4, -0.2) is 81.6 Å². The molecular weight excluding hydrogens is 602 g/mol. The third kappa shape index (κ3) is 5.05. The molecule has 7 rings (SSSR count). The largest absolute Gasteiger partial charge is 0.756 e. The van der Waals surface area contributed by atoms with Crippen LogP contribution in [0.4, 0.5) is 11.6 Å². The molecule has 224 valence electrons. The predicted molar refractivity (Wildman–Crippen MR) is 136 cm³/mol. The fourth-order valence-electron chi connectivity index (χ4n) is 5.16. The summed E-state index contributed by atoms with van der Waals surface area (Å²) in [5.74, 6) is 0.293. The molecule has 4 aromatic rings. The minimum Gasteiger partial charge on any atom is -0.756 e. The number of phosphoric acid groups is 2. The molecule has 0 saturated carbocycles. The van der Waals surface area contributed by atoms with Crippen molar-refractivity contribution in [3.63, 3.8) is 0 Å². The van der Waals surface area contributed by atoms with Crippen molar-refractivity contribution in [1.29, 1.82) is 0 Å². The first-order valence-electron chi connectivity index (χ1n) is 12.5. The van der Waals surface area contributed by atoms with Crippen LogP contribution in [0.25, 0.3) is 22.3 Å². The summed E-state index contributed by atoms with van der Waals surface area (Å²) in [5.41, 5.74) is 13.0. The van der Waals surface area contributed by atoms with Gasteiger partial charge >= 0.3 is 7.82 Å². The molecule has 0 bridgehead atoms. The van der Waals surface area contributed by atoms with E-state index in [0.717, 1.165) is 0 Å². The first kappa shape index (κ1) is 27.7. The summed E-state index contributed by atoms with van der Waals surface area (Å²) in [4.78, 5) is 48.0. The maximum absolute atomic E-state index is 13.0. The third-order valence-electron chi connectivity index (χ3n) is 7.09. The second kappa shape index (κ2) is 10.2. The van der Waals surface area contributed by atoms with Gasteiger partial charge in [-0.25, -0.2) is 34.5 Å². The van der Waals surface area contributed by atoms with Gasteiger partial charge < -0.3 is 39.8 Å². The van der Waals surface area contributed by atoms with Crippen LogP contribution in [0.15, 0.2) is 25.3 Å². The van der Waals surface area contributed by atoms with Crippen LogP contribution < -0.4 is 16.4 Å². The van der Waals surface area contributed by atoms with E-state index in [0.29, 0.717) is 22.3 Å². The van der Waals surface area contributed by atoms with Gasteiger partial charge in [0.05, 0.1) is 32.0 Å². The van der Waals surface area contributed by atoms with Crippen molar-refractivity contribution in [2.75, 3.05) is 24.7 Å². The van der Waals surface area contributed by atoms with Crippen LogP contribution in [0.5, 0.6) is 0 Å². The Labute approximate surface area is 235 Å². The Hall–Kier alpha value is -3.16. The SMILES string of the molecule is Nc1ncnc2c1ncn2[C@H]1C[C@@H]2OP(=O)([O-])OC[C@H]3O[C@@H](n4cnc5c(N)ncnc54)C[C@@H]3OP(=O)(O)OC[C@H]2O1. The monoisotopic (exact) mass is 625 g/mol. The highest BCUT2D eigenvalue weighted by atomic mass is 31.2. The van der Waals surface area contributed by atoms with Crippen LogP contribution >= 0.6 is 15.6 Å². The fraction of sp³-hybridized carbons (Fsp3) is 0.500. The average Bonchev–Trinajstić information content (AvgIpc) is 3.71. The number of imidazole rings is 2. The Balaban J connectivity index is 1.12. The zero-order valence-corrected chi connectivity index (χ0v) is 23.1. The molecule has 7 heterocycles. The molecule has 2 unspecified atom stereocenters. The number of aromatic nitrogens is 8. The highest BCUT2D eigenvalue weighted by Gasteiger charge is 2.46. The Morgan fingerprint density at radius 1 is 0.762 bits per heavy atom. The van der Waals surface area contributed by atoms with E-state index in [1.807, 2.05) is 0 Å². The molecular formula is C20H23N10O10P2-. The first-order chi connectivity index (χ1) is 20.1. The van der Waals surface area contributed by atoms with Crippen LogP contribution in [-0.2, 0) is 36.7 Å². The molecule has 3 fully saturated rings. The van der Waals surface area contributed by atoms with Crippen LogP contribution in [0.3, 0.4) is 0 Å². The molecule has 5 N–H and O–H groups in total. The summed E-state index contributed by atoms with van der Waals surface area (Å²) in [6.07, 6.45) is -0.923. The molecule has 0 aliphatic carbocycles. The molecule has 3 aliphatic rings. The van der Waals surface area contributed by atoms with Gasteiger partial charge in [-0.3, -0.25) is 22.7 Å². The van der Waals surface area contributed by atoms with Gasteiger partial charge in [0.1, 0.15) is 54.5 Å². The maximum atomic E-state index is 13.0. The number of rotatable bonds is 2. The van der Waals surface area contributed by atoms with E-state index in [1.165, 1.54) is 34.4 Å². The highest BCUT2D eigenvalue weighted by molar-refractivity contribution is 7.47. The number of hydrogen-bond acceptors (Lipinski definition) is 17. The van der Waals surface area contributed by atoms with Crippen molar-refractivity contribution in [3.8, 4) is 0 Å². The van der Waals surface area contributed by atoms with Gasteiger partial charge in [0, 0.05) is 12.8 Å². The normalized spacial score (nSPS) is 36.0. The average molecular weight is 625 g/mol. The molecule has 3 aliphatic heterocycles. The van der Waals surface area contributed by atoms with E-state index in [9.17, 15) is 18.9 Å². The van der Waals surface area contributed by atoms with Gasteiger partial charge in [0.15, 0.2) is 22.9 Å². The number of nitrogen functional groups attached to an aromatic ring is 2.